The Morgan fingerprint density at radius 1 is 1.13 bits per heavy atom. The number of carbonyl (C=O) groups is 2. The molecule has 1 aliphatic carbocycles. The summed E-state index contributed by atoms with van der Waals surface area (Å²) in [4.78, 5) is 29.0. The second-order valence-electron chi connectivity index (χ2n) is 7.06. The van der Waals surface area contributed by atoms with Crippen molar-refractivity contribution in [2.75, 3.05) is 5.32 Å². The van der Waals surface area contributed by atoms with E-state index < -0.39 is 5.91 Å². The number of nitrogens with zero attached hydrogens (tertiary/aromatic N) is 2. The summed E-state index contributed by atoms with van der Waals surface area (Å²) in [7, 11) is 0. The molecule has 0 fully saturated rings. The van der Waals surface area contributed by atoms with Gasteiger partial charge in [-0.3, -0.25) is 14.6 Å². The van der Waals surface area contributed by atoms with Crippen molar-refractivity contribution in [3.63, 3.8) is 0 Å². The number of nitrogens with one attached hydrogen (secondary N) is 2. The van der Waals surface area contributed by atoms with Crippen molar-refractivity contribution in [1.29, 1.82) is 0 Å². The molecular formula is C22H18Cl2N4O3. The summed E-state index contributed by atoms with van der Waals surface area (Å²) in [5.74, 6) is 0.0929. The van der Waals surface area contributed by atoms with Crippen LogP contribution < -0.4 is 10.7 Å². The highest BCUT2D eigenvalue weighted by Gasteiger charge is 2.28. The summed E-state index contributed by atoms with van der Waals surface area (Å²) in [6.45, 7) is 1.80. The van der Waals surface area contributed by atoms with E-state index in [0.29, 0.717) is 51.2 Å². The highest BCUT2D eigenvalue weighted by Crippen LogP contribution is 2.31. The fourth-order valence-electron chi connectivity index (χ4n) is 3.49. The number of carbonyl (C=O) groups excluding carboxylic acids is 2. The zero-order chi connectivity index (χ0) is 22.0. The number of fused-ring (bicyclic) bond motifs is 1. The zero-order valence-corrected chi connectivity index (χ0v) is 18.0. The normalized spacial score (nSPS) is 14.2. The maximum absolute atomic E-state index is 12.8. The lowest BCUT2D eigenvalue weighted by Crippen LogP contribution is -2.22. The summed E-state index contributed by atoms with van der Waals surface area (Å²) in [5.41, 5.74) is 5.53. The highest BCUT2D eigenvalue weighted by atomic mass is 35.5. The third-order valence-corrected chi connectivity index (χ3v) is 5.30. The number of aromatic nitrogens is 1. The molecular weight excluding hydrogens is 439 g/mol. The summed E-state index contributed by atoms with van der Waals surface area (Å²) in [6.07, 6.45) is 5.20. The van der Waals surface area contributed by atoms with Gasteiger partial charge in [0.2, 0.25) is 0 Å². The Morgan fingerprint density at radius 2 is 1.90 bits per heavy atom. The van der Waals surface area contributed by atoms with E-state index in [2.05, 4.69) is 20.8 Å². The number of hydrogen-bond donors (Lipinski definition) is 2. The third kappa shape index (κ3) is 4.62. The minimum absolute atomic E-state index is 0.189. The van der Waals surface area contributed by atoms with Gasteiger partial charge >= 0.3 is 0 Å². The van der Waals surface area contributed by atoms with E-state index in [-0.39, 0.29) is 11.7 Å². The van der Waals surface area contributed by atoms with Crippen LogP contribution in [0.3, 0.4) is 0 Å². The van der Waals surface area contributed by atoms with Crippen LogP contribution in [0.25, 0.3) is 0 Å². The summed E-state index contributed by atoms with van der Waals surface area (Å²) in [6, 6.07) is 8.12. The van der Waals surface area contributed by atoms with Crippen LogP contribution in [-0.4, -0.2) is 22.5 Å². The van der Waals surface area contributed by atoms with Crippen molar-refractivity contribution < 1.29 is 14.0 Å². The molecule has 0 unspecified atom stereocenters. The first-order valence-electron chi connectivity index (χ1n) is 9.59. The average Bonchev–Trinajstić information content (AvgIpc) is 3.09. The molecule has 0 saturated heterocycles. The van der Waals surface area contributed by atoms with Gasteiger partial charge in [-0.05, 0) is 50.1 Å². The van der Waals surface area contributed by atoms with E-state index in [9.17, 15) is 9.59 Å². The first-order chi connectivity index (χ1) is 14.9. The number of furan rings is 1. The van der Waals surface area contributed by atoms with E-state index >= 15 is 0 Å². The molecule has 7 nitrogen and oxygen atoms in total. The number of rotatable bonds is 4. The topological polar surface area (TPSA) is 96.6 Å². The minimum Gasteiger partial charge on any atom is -0.455 e. The molecule has 2 N–H and O–H groups in total. The second-order valence-corrected chi connectivity index (χ2v) is 7.93. The van der Waals surface area contributed by atoms with Crippen molar-refractivity contribution in [3.8, 4) is 0 Å². The first-order valence-corrected chi connectivity index (χ1v) is 10.3. The molecule has 2 aromatic heterocycles. The minimum atomic E-state index is -0.413. The van der Waals surface area contributed by atoms with Crippen molar-refractivity contribution in [1.82, 2.24) is 10.4 Å². The van der Waals surface area contributed by atoms with Gasteiger partial charge in [-0.15, -0.1) is 0 Å². The first kappa shape index (κ1) is 21.1. The molecule has 1 aromatic carbocycles. The van der Waals surface area contributed by atoms with E-state index in [4.69, 9.17) is 27.6 Å². The predicted molar refractivity (Wildman–Crippen MR) is 119 cm³/mol. The fraction of sp³-hybridized carbons (Fsp3) is 0.182. The van der Waals surface area contributed by atoms with Crippen LogP contribution in [0.15, 0.2) is 52.2 Å². The Kier molecular flexibility index (Phi) is 6.06. The van der Waals surface area contributed by atoms with Gasteiger partial charge in [0.15, 0.2) is 5.76 Å². The third-order valence-electron chi connectivity index (χ3n) is 4.87. The molecule has 3 aromatic rings. The number of pyridine rings is 1. The van der Waals surface area contributed by atoms with Crippen LogP contribution in [0.5, 0.6) is 0 Å². The number of halogens is 2. The molecule has 1 aliphatic rings. The van der Waals surface area contributed by atoms with E-state index in [1.54, 1.807) is 43.5 Å². The lowest BCUT2D eigenvalue weighted by molar-refractivity contribution is 0.0953. The molecule has 0 radical (unpaired) electrons. The smallest absolute Gasteiger partial charge is 0.291 e. The summed E-state index contributed by atoms with van der Waals surface area (Å²) >= 11 is 12.0. The quantitative estimate of drug-likeness (QED) is 0.538. The average molecular weight is 457 g/mol. The maximum Gasteiger partial charge on any atom is 0.291 e. The zero-order valence-electron chi connectivity index (χ0n) is 16.5. The predicted octanol–water partition coefficient (Wildman–Crippen LogP) is 5.01. The van der Waals surface area contributed by atoms with Crippen LogP contribution in [-0.2, 0) is 6.42 Å². The molecule has 0 saturated carbocycles. The number of amides is 2. The molecule has 0 spiro atoms. The van der Waals surface area contributed by atoms with Gasteiger partial charge in [0.05, 0.1) is 11.3 Å². The van der Waals surface area contributed by atoms with Gasteiger partial charge in [-0.25, -0.2) is 5.43 Å². The molecule has 31 heavy (non-hydrogen) atoms. The van der Waals surface area contributed by atoms with Gasteiger partial charge < -0.3 is 9.73 Å². The molecule has 158 valence electrons. The highest BCUT2D eigenvalue weighted by molar-refractivity contribution is 6.35. The van der Waals surface area contributed by atoms with Crippen molar-refractivity contribution in [3.05, 3.63) is 81.0 Å². The fourth-order valence-corrected chi connectivity index (χ4v) is 4.02. The Bertz CT molecular complexity index is 1170. The van der Waals surface area contributed by atoms with E-state index in [1.165, 1.54) is 6.20 Å². The Balaban J connectivity index is 1.58. The van der Waals surface area contributed by atoms with Crippen LogP contribution in [0.4, 0.5) is 5.69 Å². The molecule has 2 heterocycles. The molecule has 4 rings (SSSR count). The number of benzene rings is 1. The van der Waals surface area contributed by atoms with Gasteiger partial charge in [0.1, 0.15) is 5.76 Å². The number of anilines is 1. The standard InChI is InChI=1S/C22H18Cl2N4O3/c1-12-19-17(27-28-21(29)13-4-3-7-25-11-13)5-2-6-18(19)31-20(12)22(30)26-16-9-14(23)8-15(24)10-16/h3-4,7-11H,2,5-6H2,1H3,(H,26,30)(H,28,29)/b27-17+. The van der Waals surface area contributed by atoms with E-state index in [1.807, 2.05) is 0 Å². The van der Waals surface area contributed by atoms with Crippen LogP contribution in [0, 0.1) is 6.92 Å². The van der Waals surface area contributed by atoms with E-state index in [0.717, 1.165) is 12.0 Å². The SMILES string of the molecule is Cc1c(C(=O)Nc2cc(Cl)cc(Cl)c2)oc2c1/C(=N/NC(=O)c1cccnc1)CCC2. The van der Waals surface area contributed by atoms with Gasteiger partial charge in [0.25, 0.3) is 11.8 Å². The lowest BCUT2D eigenvalue weighted by Gasteiger charge is -2.13. The van der Waals surface area contributed by atoms with Crippen LogP contribution >= 0.6 is 23.2 Å². The van der Waals surface area contributed by atoms with Gasteiger partial charge in [-0.2, -0.15) is 5.10 Å². The van der Waals surface area contributed by atoms with Crippen molar-refractivity contribution in [2.24, 2.45) is 5.10 Å². The Labute approximate surface area is 188 Å². The molecule has 0 bridgehead atoms. The van der Waals surface area contributed by atoms with Crippen molar-refractivity contribution in [2.45, 2.75) is 26.2 Å². The van der Waals surface area contributed by atoms with Crippen LogP contribution in [0.2, 0.25) is 10.0 Å². The Morgan fingerprint density at radius 3 is 2.61 bits per heavy atom. The summed E-state index contributed by atoms with van der Waals surface area (Å²) in [5, 5.41) is 7.89. The lowest BCUT2D eigenvalue weighted by atomic mass is 9.93. The molecule has 9 heteroatoms. The molecule has 0 aliphatic heterocycles. The number of hydrazone groups is 1. The summed E-state index contributed by atoms with van der Waals surface area (Å²) < 4.78 is 5.87. The van der Waals surface area contributed by atoms with Gasteiger partial charge in [0, 0.05) is 45.7 Å². The molecule has 2 amide bonds. The van der Waals surface area contributed by atoms with Crippen LogP contribution in [0.1, 0.15) is 50.6 Å². The van der Waals surface area contributed by atoms with Crippen molar-refractivity contribution >= 4 is 46.4 Å². The second kappa shape index (κ2) is 8.91. The maximum atomic E-state index is 12.8. The monoisotopic (exact) mass is 456 g/mol. The number of hydrogen-bond acceptors (Lipinski definition) is 5. The Hall–Kier alpha value is -3.16. The largest absolute Gasteiger partial charge is 0.455 e. The number of aryl methyl sites for hydroxylation is 1. The van der Waals surface area contributed by atoms with Gasteiger partial charge in [-0.1, -0.05) is 23.2 Å². The molecule has 0 atom stereocenters.